The first-order valence-corrected chi connectivity index (χ1v) is 9.11. The Kier molecular flexibility index (Phi) is 5.56. The second-order valence-corrected chi connectivity index (χ2v) is 6.59. The fraction of sp³-hybridized carbons (Fsp3) is 0.333. The largest absolute Gasteiger partial charge is 0.352 e. The molecule has 3 aromatic rings. The Morgan fingerprint density at radius 1 is 1.00 bits per heavy atom. The molecule has 3 rings (SSSR count). The van der Waals surface area contributed by atoms with Gasteiger partial charge in [0.1, 0.15) is 6.54 Å². The van der Waals surface area contributed by atoms with Crippen LogP contribution < -0.4 is 11.0 Å². The molecule has 26 heavy (non-hydrogen) atoms. The van der Waals surface area contributed by atoms with Crippen LogP contribution in [0.2, 0.25) is 0 Å². The number of para-hydroxylation sites is 2. The number of aromatic nitrogens is 2. The Morgan fingerprint density at radius 3 is 2.27 bits per heavy atom. The van der Waals surface area contributed by atoms with Gasteiger partial charge in [0, 0.05) is 12.6 Å². The zero-order valence-electron chi connectivity index (χ0n) is 15.3. The van der Waals surface area contributed by atoms with Crippen LogP contribution in [0.5, 0.6) is 0 Å². The van der Waals surface area contributed by atoms with Gasteiger partial charge in [0.05, 0.1) is 11.0 Å². The highest BCUT2D eigenvalue weighted by atomic mass is 16.2. The van der Waals surface area contributed by atoms with Gasteiger partial charge in [0.25, 0.3) is 0 Å². The quantitative estimate of drug-likeness (QED) is 0.711. The van der Waals surface area contributed by atoms with E-state index in [0.717, 1.165) is 23.9 Å². The van der Waals surface area contributed by atoms with Crippen molar-refractivity contribution >= 4 is 16.9 Å². The van der Waals surface area contributed by atoms with Gasteiger partial charge in [0.15, 0.2) is 0 Å². The molecule has 1 aromatic heterocycles. The Morgan fingerprint density at radius 2 is 1.62 bits per heavy atom. The number of fused-ring (bicyclic) bond motifs is 1. The smallest absolute Gasteiger partial charge is 0.329 e. The molecule has 0 bridgehead atoms. The first-order valence-electron chi connectivity index (χ1n) is 9.11. The van der Waals surface area contributed by atoms with E-state index in [-0.39, 0.29) is 24.2 Å². The van der Waals surface area contributed by atoms with Crippen LogP contribution in [-0.2, 0) is 24.3 Å². The lowest BCUT2D eigenvalue weighted by Crippen LogP contribution is -2.37. The first-order chi connectivity index (χ1) is 12.6. The summed E-state index contributed by atoms with van der Waals surface area (Å²) in [5.41, 5.74) is 2.79. The van der Waals surface area contributed by atoms with Crippen molar-refractivity contribution in [2.75, 3.05) is 0 Å². The van der Waals surface area contributed by atoms with Crippen LogP contribution in [0, 0.1) is 0 Å². The zero-order chi connectivity index (χ0) is 18.5. The summed E-state index contributed by atoms with van der Waals surface area (Å²) in [6.07, 6.45) is 1.78. The van der Waals surface area contributed by atoms with Crippen molar-refractivity contribution in [3.05, 3.63) is 70.6 Å². The van der Waals surface area contributed by atoms with Gasteiger partial charge in [0.2, 0.25) is 5.91 Å². The lowest BCUT2D eigenvalue weighted by atomic mass is 10.1. The highest BCUT2D eigenvalue weighted by Gasteiger charge is 2.15. The second-order valence-electron chi connectivity index (χ2n) is 6.59. The van der Waals surface area contributed by atoms with Gasteiger partial charge < -0.3 is 5.32 Å². The van der Waals surface area contributed by atoms with Gasteiger partial charge in [-0.3, -0.25) is 13.9 Å². The molecule has 5 heteroatoms. The monoisotopic (exact) mass is 351 g/mol. The van der Waals surface area contributed by atoms with E-state index < -0.39 is 0 Å². The molecule has 1 amide bonds. The van der Waals surface area contributed by atoms with E-state index in [2.05, 4.69) is 17.4 Å². The summed E-state index contributed by atoms with van der Waals surface area (Å²) in [6, 6.07) is 17.9. The topological polar surface area (TPSA) is 56.0 Å². The lowest BCUT2D eigenvalue weighted by molar-refractivity contribution is -0.122. The van der Waals surface area contributed by atoms with Crippen molar-refractivity contribution in [2.45, 2.75) is 45.8 Å². The van der Waals surface area contributed by atoms with Crippen molar-refractivity contribution in [1.82, 2.24) is 14.5 Å². The van der Waals surface area contributed by atoms with Crippen molar-refractivity contribution in [2.24, 2.45) is 0 Å². The minimum Gasteiger partial charge on any atom is -0.352 e. The third-order valence-corrected chi connectivity index (χ3v) is 4.66. The molecule has 5 nitrogen and oxygen atoms in total. The summed E-state index contributed by atoms with van der Waals surface area (Å²) in [7, 11) is 0. The molecule has 1 atom stereocenters. The first kappa shape index (κ1) is 18.0. The van der Waals surface area contributed by atoms with Crippen molar-refractivity contribution in [1.29, 1.82) is 0 Å². The number of amides is 1. The Hall–Kier alpha value is -2.82. The van der Waals surface area contributed by atoms with Crippen molar-refractivity contribution in [3.8, 4) is 0 Å². The van der Waals surface area contributed by atoms with E-state index in [4.69, 9.17) is 0 Å². The summed E-state index contributed by atoms with van der Waals surface area (Å²) >= 11 is 0. The SMILES string of the molecule is CCn1c(=O)n(CC(=O)NC(C)CCc2ccccc2)c2ccccc21. The van der Waals surface area contributed by atoms with Gasteiger partial charge >= 0.3 is 5.69 Å². The van der Waals surface area contributed by atoms with Gasteiger partial charge in [-0.25, -0.2) is 4.79 Å². The Balaban J connectivity index is 1.66. The number of benzene rings is 2. The zero-order valence-corrected chi connectivity index (χ0v) is 15.3. The number of nitrogens with zero attached hydrogens (tertiary/aromatic N) is 2. The maximum Gasteiger partial charge on any atom is 0.329 e. The molecule has 0 saturated carbocycles. The summed E-state index contributed by atoms with van der Waals surface area (Å²) in [4.78, 5) is 25.0. The average molecular weight is 351 g/mol. The molecular weight excluding hydrogens is 326 g/mol. The lowest BCUT2D eigenvalue weighted by Gasteiger charge is -2.14. The summed E-state index contributed by atoms with van der Waals surface area (Å²) in [5, 5.41) is 3.01. The van der Waals surface area contributed by atoms with E-state index in [9.17, 15) is 9.59 Å². The third-order valence-electron chi connectivity index (χ3n) is 4.66. The molecule has 0 aliphatic heterocycles. The summed E-state index contributed by atoms with van der Waals surface area (Å²) in [6.45, 7) is 4.56. The maximum absolute atomic E-state index is 12.6. The number of nitrogens with one attached hydrogen (secondary N) is 1. The molecule has 2 aromatic carbocycles. The number of rotatable bonds is 7. The fourth-order valence-electron chi connectivity index (χ4n) is 3.29. The number of carbonyl (C=O) groups is 1. The van der Waals surface area contributed by atoms with Crippen LogP contribution in [0.3, 0.4) is 0 Å². The fourth-order valence-corrected chi connectivity index (χ4v) is 3.29. The number of carbonyl (C=O) groups excluding carboxylic acids is 1. The number of hydrogen-bond donors (Lipinski definition) is 1. The number of aryl methyl sites for hydroxylation is 2. The third kappa shape index (κ3) is 3.87. The number of hydrogen-bond acceptors (Lipinski definition) is 2. The van der Waals surface area contributed by atoms with Crippen molar-refractivity contribution < 1.29 is 4.79 Å². The minimum atomic E-state index is -0.138. The van der Waals surface area contributed by atoms with E-state index in [1.807, 2.05) is 56.3 Å². The van der Waals surface area contributed by atoms with Gasteiger partial charge in [-0.1, -0.05) is 42.5 Å². The molecule has 0 aliphatic carbocycles. The van der Waals surface area contributed by atoms with E-state index >= 15 is 0 Å². The van der Waals surface area contributed by atoms with Gasteiger partial charge in [-0.2, -0.15) is 0 Å². The molecule has 0 saturated heterocycles. The molecule has 1 N–H and O–H groups in total. The second kappa shape index (κ2) is 8.04. The predicted molar refractivity (Wildman–Crippen MR) is 104 cm³/mol. The molecule has 0 spiro atoms. The van der Waals surface area contributed by atoms with Crippen LogP contribution in [0.25, 0.3) is 11.0 Å². The van der Waals surface area contributed by atoms with Gasteiger partial charge in [-0.05, 0) is 44.4 Å². The molecule has 0 aliphatic rings. The molecular formula is C21H25N3O2. The van der Waals surface area contributed by atoms with E-state index in [1.165, 1.54) is 5.56 Å². The van der Waals surface area contributed by atoms with Crippen LogP contribution in [0.15, 0.2) is 59.4 Å². The molecule has 1 unspecified atom stereocenters. The molecule has 0 fully saturated rings. The maximum atomic E-state index is 12.6. The molecule has 0 radical (unpaired) electrons. The van der Waals surface area contributed by atoms with E-state index in [1.54, 1.807) is 9.13 Å². The van der Waals surface area contributed by atoms with Crippen LogP contribution in [0.4, 0.5) is 0 Å². The standard InChI is InChI=1S/C21H25N3O2/c1-3-23-18-11-7-8-12-19(18)24(21(23)26)15-20(25)22-16(2)13-14-17-9-5-4-6-10-17/h4-12,16H,3,13-15H2,1-2H3,(H,22,25). The summed E-state index contributed by atoms with van der Waals surface area (Å²) < 4.78 is 3.25. The van der Waals surface area contributed by atoms with Crippen LogP contribution >= 0.6 is 0 Å². The highest BCUT2D eigenvalue weighted by Crippen LogP contribution is 2.12. The average Bonchev–Trinajstić information content (AvgIpc) is 2.92. The Labute approximate surface area is 153 Å². The summed E-state index contributed by atoms with van der Waals surface area (Å²) in [5.74, 6) is -0.133. The minimum absolute atomic E-state index is 0.0437. The van der Waals surface area contributed by atoms with Crippen LogP contribution in [-0.4, -0.2) is 21.1 Å². The Bertz CT molecular complexity index is 941. The van der Waals surface area contributed by atoms with Crippen LogP contribution in [0.1, 0.15) is 25.8 Å². The highest BCUT2D eigenvalue weighted by molar-refractivity contribution is 5.81. The van der Waals surface area contributed by atoms with E-state index in [0.29, 0.717) is 6.54 Å². The number of imidazole rings is 1. The molecule has 136 valence electrons. The molecule has 1 heterocycles. The van der Waals surface area contributed by atoms with Crippen molar-refractivity contribution in [3.63, 3.8) is 0 Å². The normalized spacial score (nSPS) is 12.2. The van der Waals surface area contributed by atoms with Gasteiger partial charge in [-0.15, -0.1) is 0 Å². The predicted octanol–water partition coefficient (Wildman–Crippen LogP) is 2.96.